The summed E-state index contributed by atoms with van der Waals surface area (Å²) in [6, 6.07) is 3.50. The van der Waals surface area contributed by atoms with E-state index >= 15 is 0 Å². The Morgan fingerprint density at radius 2 is 1.40 bits per heavy atom. The van der Waals surface area contributed by atoms with Crippen molar-refractivity contribution < 1.29 is 36.8 Å². The van der Waals surface area contributed by atoms with Crippen molar-refractivity contribution in [3.05, 3.63) is 23.8 Å². The van der Waals surface area contributed by atoms with Crippen LogP contribution in [0, 0.1) is 0 Å². The van der Waals surface area contributed by atoms with Gasteiger partial charge in [-0.05, 0) is 26.0 Å². The first-order valence-corrected chi connectivity index (χ1v) is 10.8. The summed E-state index contributed by atoms with van der Waals surface area (Å²) in [5, 5.41) is 0. The molecule has 0 saturated heterocycles. The van der Waals surface area contributed by atoms with E-state index in [2.05, 4.69) is 0 Å². The Labute approximate surface area is 171 Å². The van der Waals surface area contributed by atoms with Crippen LogP contribution in [0.3, 0.4) is 0 Å². The molecule has 1 N–H and O–H groups in total. The molecule has 0 amide bonds. The molecular weight excluding hydrogens is 582 g/mol. The summed E-state index contributed by atoms with van der Waals surface area (Å²) in [6.07, 6.45) is 0. The van der Waals surface area contributed by atoms with Gasteiger partial charge in [0.2, 0.25) is 0 Å². The lowest BCUT2D eigenvalue weighted by atomic mass is 10.1. The number of benzene rings is 1. The fraction of sp³-hybridized carbons (Fsp3) is 0.357. The van der Waals surface area contributed by atoms with Gasteiger partial charge in [0, 0.05) is 11.6 Å². The molecule has 0 fully saturated rings. The number of ketones is 1. The molecule has 0 aromatic heterocycles. The van der Waals surface area contributed by atoms with Crippen LogP contribution in [0.25, 0.3) is 0 Å². The predicted octanol–water partition coefficient (Wildman–Crippen LogP) is 2.21. The first kappa shape index (κ1) is 22.2. The Morgan fingerprint density at radius 3 is 1.72 bits per heavy atom. The molecule has 0 saturated carbocycles. The summed E-state index contributed by atoms with van der Waals surface area (Å²) in [4.78, 5) is 35.4. The number of hydrogen-bond donors (Lipinski definition) is 1. The van der Waals surface area contributed by atoms with Gasteiger partial charge < -0.3 is 9.47 Å². The smallest absolute Gasteiger partial charge is 0.323 e. The molecule has 2 unspecified atom stereocenters. The van der Waals surface area contributed by atoms with Gasteiger partial charge in [0.1, 0.15) is 25.1 Å². The highest BCUT2D eigenvalue weighted by Gasteiger charge is 2.20. The Balaban J connectivity index is 3.24. The summed E-state index contributed by atoms with van der Waals surface area (Å²) < 4.78 is 39.8. The van der Waals surface area contributed by atoms with Gasteiger partial charge in [-0.3, -0.25) is 18.9 Å². The summed E-state index contributed by atoms with van der Waals surface area (Å²) in [5.74, 6) is -3.46. The minimum absolute atomic E-state index is 0.0846. The molecule has 0 aliphatic heterocycles. The van der Waals surface area contributed by atoms with E-state index in [9.17, 15) is 22.8 Å². The van der Waals surface area contributed by atoms with E-state index in [0.29, 0.717) is 0 Å². The van der Waals surface area contributed by atoms with Crippen molar-refractivity contribution in [3.8, 4) is 11.5 Å². The van der Waals surface area contributed by atoms with Crippen LogP contribution >= 0.6 is 45.2 Å². The van der Waals surface area contributed by atoms with Crippen LogP contribution in [0.15, 0.2) is 18.2 Å². The second-order valence-electron chi connectivity index (χ2n) is 4.92. The summed E-state index contributed by atoms with van der Waals surface area (Å²) >= 11 is 3.66. The van der Waals surface area contributed by atoms with Crippen LogP contribution < -0.4 is 9.47 Å². The summed E-state index contributed by atoms with van der Waals surface area (Å²) in [7, 11) is -4.54. The van der Waals surface area contributed by atoms with Crippen molar-refractivity contribution in [1.82, 2.24) is 0 Å². The van der Waals surface area contributed by atoms with E-state index < -0.39 is 41.4 Å². The highest BCUT2D eigenvalue weighted by atomic mass is 127. The first-order chi connectivity index (χ1) is 11.4. The molecule has 0 heterocycles. The van der Waals surface area contributed by atoms with Crippen LogP contribution in [0.2, 0.25) is 0 Å². The number of rotatable bonds is 7. The van der Waals surface area contributed by atoms with E-state index in [-0.39, 0.29) is 17.1 Å². The molecule has 2 atom stereocenters. The molecule has 138 valence electrons. The molecule has 25 heavy (non-hydrogen) atoms. The van der Waals surface area contributed by atoms with Gasteiger partial charge in [-0.1, -0.05) is 45.2 Å². The second-order valence-corrected chi connectivity index (χ2v) is 10.1. The molecule has 0 radical (unpaired) electrons. The van der Waals surface area contributed by atoms with Crippen LogP contribution in [0.1, 0.15) is 24.2 Å². The van der Waals surface area contributed by atoms with Gasteiger partial charge in [0.05, 0.1) is 0 Å². The maximum atomic E-state index is 12.0. The third kappa shape index (κ3) is 7.96. The van der Waals surface area contributed by atoms with Crippen molar-refractivity contribution in [2.24, 2.45) is 0 Å². The molecule has 8 nitrogen and oxygen atoms in total. The standard InChI is InChI=1S/C14H14I2O8S/c1-7(15)13(18)23-10-3-9(12(17)6-25(20,21)22)4-11(5-10)24-14(19)8(2)16/h3-5,7-8H,6H2,1-2H3,(H,20,21,22). The average molecular weight is 596 g/mol. The fourth-order valence-electron chi connectivity index (χ4n) is 1.49. The largest absolute Gasteiger partial charge is 0.426 e. The second kappa shape index (κ2) is 9.23. The zero-order chi connectivity index (χ0) is 19.4. The maximum Gasteiger partial charge on any atom is 0.323 e. The van der Waals surface area contributed by atoms with Gasteiger partial charge in [-0.15, -0.1) is 0 Å². The SMILES string of the molecule is CC(I)C(=O)Oc1cc(OC(=O)C(C)I)cc(C(=O)CS(=O)(=O)O)c1. The molecule has 0 bridgehead atoms. The molecule has 1 aromatic rings. The molecule has 11 heteroatoms. The lowest BCUT2D eigenvalue weighted by molar-refractivity contribution is -0.133. The number of ether oxygens (including phenoxy) is 2. The Bertz CT molecular complexity index is 746. The number of hydrogen-bond acceptors (Lipinski definition) is 7. The monoisotopic (exact) mass is 596 g/mol. The van der Waals surface area contributed by atoms with E-state index in [1.807, 2.05) is 45.2 Å². The van der Waals surface area contributed by atoms with E-state index in [4.69, 9.17) is 14.0 Å². The van der Waals surface area contributed by atoms with Gasteiger partial charge in [-0.2, -0.15) is 8.42 Å². The number of esters is 2. The number of carbonyl (C=O) groups is 3. The van der Waals surface area contributed by atoms with Gasteiger partial charge in [0.15, 0.2) is 5.78 Å². The number of carbonyl (C=O) groups excluding carboxylic acids is 3. The zero-order valence-corrected chi connectivity index (χ0v) is 18.2. The van der Waals surface area contributed by atoms with Crippen molar-refractivity contribution >= 4 is 73.0 Å². The van der Waals surface area contributed by atoms with Crippen molar-refractivity contribution in [2.45, 2.75) is 21.7 Å². The molecule has 1 rings (SSSR count). The highest BCUT2D eigenvalue weighted by Crippen LogP contribution is 2.25. The van der Waals surface area contributed by atoms with Crippen LogP contribution in [-0.2, 0) is 19.7 Å². The zero-order valence-electron chi connectivity index (χ0n) is 13.1. The number of Topliss-reactive ketones (excluding diaryl/α,β-unsaturated/α-hetero) is 1. The number of halogens is 2. The molecule has 0 aliphatic carbocycles. The quantitative estimate of drug-likeness (QED) is 0.127. The molecule has 1 aromatic carbocycles. The third-order valence-electron chi connectivity index (χ3n) is 2.60. The Morgan fingerprint density at radius 1 is 1.00 bits per heavy atom. The van der Waals surface area contributed by atoms with Crippen LogP contribution in [0.5, 0.6) is 11.5 Å². The topological polar surface area (TPSA) is 124 Å². The molecular formula is C14H14I2O8S. The van der Waals surface area contributed by atoms with E-state index in [1.54, 1.807) is 13.8 Å². The van der Waals surface area contributed by atoms with Gasteiger partial charge in [0.25, 0.3) is 10.1 Å². The fourth-order valence-corrected chi connectivity index (χ4v) is 2.25. The van der Waals surface area contributed by atoms with Gasteiger partial charge in [-0.25, -0.2) is 0 Å². The van der Waals surface area contributed by atoms with Crippen molar-refractivity contribution in [2.75, 3.05) is 5.75 Å². The maximum absolute atomic E-state index is 12.0. The third-order valence-corrected chi connectivity index (χ3v) is 4.25. The average Bonchev–Trinajstić information content (AvgIpc) is 2.44. The Hall–Kier alpha value is -0.800. The number of alkyl halides is 2. The normalized spacial score (nSPS) is 13.6. The molecule has 0 aliphatic rings. The Kier molecular flexibility index (Phi) is 8.21. The van der Waals surface area contributed by atoms with E-state index in [1.165, 1.54) is 6.07 Å². The minimum Gasteiger partial charge on any atom is -0.426 e. The first-order valence-electron chi connectivity index (χ1n) is 6.74. The summed E-state index contributed by atoms with van der Waals surface area (Å²) in [5.41, 5.74) is -0.187. The van der Waals surface area contributed by atoms with Crippen LogP contribution in [-0.4, -0.2) is 44.3 Å². The van der Waals surface area contributed by atoms with Crippen LogP contribution in [0.4, 0.5) is 0 Å². The lowest BCUT2D eigenvalue weighted by Gasteiger charge is -2.11. The lowest BCUT2D eigenvalue weighted by Crippen LogP contribution is -2.20. The minimum atomic E-state index is -4.54. The predicted molar refractivity (Wildman–Crippen MR) is 105 cm³/mol. The highest BCUT2D eigenvalue weighted by molar-refractivity contribution is 14.1. The summed E-state index contributed by atoms with van der Waals surface area (Å²) in [6.45, 7) is 3.18. The van der Waals surface area contributed by atoms with E-state index in [0.717, 1.165) is 12.1 Å². The van der Waals surface area contributed by atoms with Crippen molar-refractivity contribution in [3.63, 3.8) is 0 Å². The van der Waals surface area contributed by atoms with Crippen molar-refractivity contribution in [1.29, 1.82) is 0 Å². The van der Waals surface area contributed by atoms with Gasteiger partial charge >= 0.3 is 11.9 Å². The molecule has 0 spiro atoms.